The van der Waals surface area contributed by atoms with Crippen molar-refractivity contribution < 1.29 is 14.1 Å². The molecule has 0 unspecified atom stereocenters. The number of pyridine rings is 1. The minimum Gasteiger partial charge on any atom is -0.464 e. The molecule has 0 bridgehead atoms. The molecule has 0 fully saturated rings. The van der Waals surface area contributed by atoms with Crippen LogP contribution in [0.4, 0.5) is 0 Å². The second-order valence-electron chi connectivity index (χ2n) is 7.84. The molecule has 5 rings (SSSR count). The van der Waals surface area contributed by atoms with Crippen molar-refractivity contribution in [2.45, 2.75) is 0 Å². The van der Waals surface area contributed by atoms with Crippen molar-refractivity contribution >= 4 is 39.9 Å². The maximum absolute atomic E-state index is 15.1. The second kappa shape index (κ2) is 9.09. The van der Waals surface area contributed by atoms with E-state index in [-0.39, 0.29) is 5.69 Å². The summed E-state index contributed by atoms with van der Waals surface area (Å²) < 4.78 is 20.3. The summed E-state index contributed by atoms with van der Waals surface area (Å²) in [5.74, 6) is -0.571. The van der Waals surface area contributed by atoms with Gasteiger partial charge in [0, 0.05) is 21.6 Å². The van der Waals surface area contributed by atoms with E-state index in [9.17, 15) is 4.79 Å². The number of hydrogen-bond acceptors (Lipinski definition) is 4. The van der Waals surface area contributed by atoms with Crippen molar-refractivity contribution in [2.75, 3.05) is 7.11 Å². The molecule has 0 saturated carbocycles. The standard InChI is InChI=1S/C29H22NO3P/c1-33-29(31)27-26(21-13-5-2-6-14-21)24-19-11-12-20-25(24)28(30-27)34(32,22-15-7-3-8-16-22)23-17-9-4-10-18-23/h2-20H,1H3. The normalized spacial score (nSPS) is 11.3. The van der Waals surface area contributed by atoms with Crippen LogP contribution in [0.15, 0.2) is 115 Å². The third kappa shape index (κ3) is 3.63. The molecule has 166 valence electrons. The second-order valence-corrected chi connectivity index (χ2v) is 10.5. The Hall–Kier alpha value is -4.01. The number of carbonyl (C=O) groups is 1. The summed E-state index contributed by atoms with van der Waals surface area (Å²) in [6.45, 7) is 0. The van der Waals surface area contributed by atoms with Crippen LogP contribution in [-0.2, 0) is 9.30 Å². The van der Waals surface area contributed by atoms with Gasteiger partial charge in [0.2, 0.25) is 0 Å². The molecule has 34 heavy (non-hydrogen) atoms. The summed E-state index contributed by atoms with van der Waals surface area (Å²) >= 11 is 0. The van der Waals surface area contributed by atoms with Gasteiger partial charge in [-0.15, -0.1) is 0 Å². The van der Waals surface area contributed by atoms with Crippen molar-refractivity contribution in [3.8, 4) is 11.1 Å². The zero-order chi connectivity index (χ0) is 23.5. The van der Waals surface area contributed by atoms with Crippen LogP contribution in [-0.4, -0.2) is 18.1 Å². The molecule has 0 amide bonds. The first kappa shape index (κ1) is 21.8. The van der Waals surface area contributed by atoms with E-state index in [2.05, 4.69) is 0 Å². The molecule has 4 nitrogen and oxygen atoms in total. The number of methoxy groups -OCH3 is 1. The monoisotopic (exact) mass is 463 g/mol. The van der Waals surface area contributed by atoms with Crippen LogP contribution in [0.5, 0.6) is 0 Å². The van der Waals surface area contributed by atoms with E-state index >= 15 is 4.57 Å². The van der Waals surface area contributed by atoms with Gasteiger partial charge in [0.1, 0.15) is 5.44 Å². The van der Waals surface area contributed by atoms with E-state index in [1.54, 1.807) is 0 Å². The molecule has 5 aromatic rings. The molecule has 0 aliphatic carbocycles. The van der Waals surface area contributed by atoms with E-state index in [1.807, 2.05) is 115 Å². The van der Waals surface area contributed by atoms with Gasteiger partial charge in [-0.25, -0.2) is 9.78 Å². The zero-order valence-electron chi connectivity index (χ0n) is 18.6. The van der Waals surface area contributed by atoms with Gasteiger partial charge in [-0.05, 0) is 10.9 Å². The van der Waals surface area contributed by atoms with Crippen LogP contribution in [0, 0.1) is 0 Å². The summed E-state index contributed by atoms with van der Waals surface area (Å²) in [5.41, 5.74) is 2.03. The number of carbonyl (C=O) groups excluding carboxylic acids is 1. The summed E-state index contributed by atoms with van der Waals surface area (Å²) in [7, 11) is -2.09. The molecule has 5 heteroatoms. The van der Waals surface area contributed by atoms with Gasteiger partial charge in [-0.2, -0.15) is 0 Å². The van der Waals surface area contributed by atoms with Crippen molar-refractivity contribution in [1.29, 1.82) is 0 Å². The molecule has 1 aromatic heterocycles. The molecular formula is C29H22NO3P. The smallest absolute Gasteiger partial charge is 0.357 e. The molecule has 0 aliphatic heterocycles. The lowest BCUT2D eigenvalue weighted by atomic mass is 9.97. The minimum absolute atomic E-state index is 0.148. The van der Waals surface area contributed by atoms with E-state index in [0.29, 0.717) is 21.6 Å². The zero-order valence-corrected chi connectivity index (χ0v) is 19.5. The number of ether oxygens (including phenoxy) is 1. The lowest BCUT2D eigenvalue weighted by Crippen LogP contribution is -2.29. The predicted octanol–water partition coefficient (Wildman–Crippen LogP) is 5.33. The first-order valence-corrected chi connectivity index (χ1v) is 12.6. The third-order valence-electron chi connectivity index (χ3n) is 5.87. The van der Waals surface area contributed by atoms with E-state index < -0.39 is 13.1 Å². The number of esters is 1. The Kier molecular flexibility index (Phi) is 5.83. The summed E-state index contributed by atoms with van der Waals surface area (Å²) in [5, 5.41) is 2.85. The Morgan fingerprint density at radius 2 is 1.15 bits per heavy atom. The molecule has 0 atom stereocenters. The molecule has 0 N–H and O–H groups in total. The fourth-order valence-electron chi connectivity index (χ4n) is 4.30. The highest BCUT2D eigenvalue weighted by Crippen LogP contribution is 2.45. The van der Waals surface area contributed by atoms with Gasteiger partial charge in [0.05, 0.1) is 7.11 Å². The van der Waals surface area contributed by atoms with Gasteiger partial charge in [-0.1, -0.05) is 115 Å². The topological polar surface area (TPSA) is 56.3 Å². The fourth-order valence-corrected chi connectivity index (χ4v) is 7.04. The molecule has 0 saturated heterocycles. The van der Waals surface area contributed by atoms with Gasteiger partial charge in [0.25, 0.3) is 0 Å². The summed E-state index contributed by atoms with van der Waals surface area (Å²) in [6, 6.07) is 36.0. The Bertz CT molecular complexity index is 1470. The first-order valence-electron chi connectivity index (χ1n) is 10.9. The number of fused-ring (bicyclic) bond motifs is 1. The SMILES string of the molecule is COC(=O)c1nc(P(=O)(c2ccccc2)c2ccccc2)c2ccccc2c1-c1ccccc1. The average Bonchev–Trinajstić information content (AvgIpc) is 2.92. The van der Waals surface area contributed by atoms with Crippen molar-refractivity contribution in [1.82, 2.24) is 4.98 Å². The lowest BCUT2D eigenvalue weighted by Gasteiger charge is -2.23. The van der Waals surface area contributed by atoms with Crippen molar-refractivity contribution in [3.05, 3.63) is 121 Å². The molecule has 1 heterocycles. The van der Waals surface area contributed by atoms with Crippen LogP contribution in [0.1, 0.15) is 10.5 Å². The minimum atomic E-state index is -3.43. The Morgan fingerprint density at radius 3 is 1.68 bits per heavy atom. The molecule has 0 aliphatic rings. The van der Waals surface area contributed by atoms with E-state index in [0.717, 1.165) is 16.3 Å². The highest BCUT2D eigenvalue weighted by atomic mass is 31.2. The number of hydrogen-bond donors (Lipinski definition) is 0. The largest absolute Gasteiger partial charge is 0.464 e. The number of benzene rings is 4. The maximum atomic E-state index is 15.1. The Morgan fingerprint density at radius 1 is 0.676 bits per heavy atom. The van der Waals surface area contributed by atoms with Gasteiger partial charge < -0.3 is 9.30 Å². The molecule has 0 spiro atoms. The van der Waals surface area contributed by atoms with E-state index in [1.165, 1.54) is 7.11 Å². The number of rotatable bonds is 5. The predicted molar refractivity (Wildman–Crippen MR) is 138 cm³/mol. The summed E-state index contributed by atoms with van der Waals surface area (Å²) in [6.07, 6.45) is 0. The van der Waals surface area contributed by atoms with Gasteiger partial charge >= 0.3 is 5.97 Å². The summed E-state index contributed by atoms with van der Waals surface area (Å²) in [4.78, 5) is 17.9. The fraction of sp³-hybridized carbons (Fsp3) is 0.0345. The highest BCUT2D eigenvalue weighted by Gasteiger charge is 2.35. The third-order valence-corrected chi connectivity index (χ3v) is 8.86. The quantitative estimate of drug-likeness (QED) is 0.261. The Balaban J connectivity index is 1.94. The van der Waals surface area contributed by atoms with Crippen LogP contribution in [0.25, 0.3) is 21.9 Å². The van der Waals surface area contributed by atoms with Crippen LogP contribution >= 0.6 is 7.14 Å². The molecule has 4 aromatic carbocycles. The van der Waals surface area contributed by atoms with Crippen molar-refractivity contribution in [2.24, 2.45) is 0 Å². The molecular weight excluding hydrogens is 441 g/mol. The number of nitrogens with zero attached hydrogens (tertiary/aromatic N) is 1. The maximum Gasteiger partial charge on any atom is 0.357 e. The van der Waals surface area contributed by atoms with Gasteiger partial charge in [-0.3, -0.25) is 0 Å². The van der Waals surface area contributed by atoms with Crippen LogP contribution in [0.3, 0.4) is 0 Å². The van der Waals surface area contributed by atoms with Crippen molar-refractivity contribution in [3.63, 3.8) is 0 Å². The average molecular weight is 463 g/mol. The van der Waals surface area contributed by atoms with Crippen LogP contribution < -0.4 is 16.0 Å². The number of aromatic nitrogens is 1. The van der Waals surface area contributed by atoms with Gasteiger partial charge in [0.15, 0.2) is 12.8 Å². The first-order chi connectivity index (χ1) is 16.6. The van der Waals surface area contributed by atoms with Crippen LogP contribution in [0.2, 0.25) is 0 Å². The Labute approximate surface area is 198 Å². The molecule has 0 radical (unpaired) electrons. The lowest BCUT2D eigenvalue weighted by molar-refractivity contribution is 0.0595. The highest BCUT2D eigenvalue weighted by molar-refractivity contribution is 7.85. The van der Waals surface area contributed by atoms with E-state index in [4.69, 9.17) is 9.72 Å².